The van der Waals surface area contributed by atoms with Crippen molar-refractivity contribution in [1.82, 2.24) is 15.5 Å². The van der Waals surface area contributed by atoms with Gasteiger partial charge in [0.25, 0.3) is 0 Å². The SMILES string of the molecule is CCCNc1[nH]ncc1C#Cc1cc(NC(=O)[C@H](C)NC)ccc1F. The second kappa shape index (κ2) is 8.85. The topological polar surface area (TPSA) is 81.8 Å². The van der Waals surface area contributed by atoms with Crippen LogP contribution >= 0.6 is 0 Å². The van der Waals surface area contributed by atoms with Crippen LogP contribution in [0.2, 0.25) is 0 Å². The van der Waals surface area contributed by atoms with E-state index >= 15 is 0 Å². The highest BCUT2D eigenvalue weighted by Crippen LogP contribution is 2.15. The molecule has 0 aliphatic carbocycles. The molecule has 0 fully saturated rings. The van der Waals surface area contributed by atoms with Gasteiger partial charge in [0.05, 0.1) is 23.4 Å². The lowest BCUT2D eigenvalue weighted by atomic mass is 10.1. The minimum Gasteiger partial charge on any atom is -0.369 e. The molecule has 7 heteroatoms. The number of hydrogen-bond donors (Lipinski definition) is 4. The highest BCUT2D eigenvalue weighted by Gasteiger charge is 2.11. The molecule has 2 aromatic rings. The van der Waals surface area contributed by atoms with E-state index < -0.39 is 5.82 Å². The van der Waals surface area contributed by atoms with Crippen LogP contribution in [0.15, 0.2) is 24.4 Å². The lowest BCUT2D eigenvalue weighted by Crippen LogP contribution is -2.35. The molecule has 1 atom stereocenters. The number of nitrogens with zero attached hydrogens (tertiary/aromatic N) is 1. The van der Waals surface area contributed by atoms with Gasteiger partial charge < -0.3 is 16.0 Å². The van der Waals surface area contributed by atoms with Crippen LogP contribution in [0.4, 0.5) is 15.9 Å². The zero-order valence-electron chi connectivity index (χ0n) is 14.5. The van der Waals surface area contributed by atoms with Crippen LogP contribution in [0.5, 0.6) is 0 Å². The number of halogens is 1. The Morgan fingerprint density at radius 1 is 1.36 bits per heavy atom. The first kappa shape index (κ1) is 18.5. The van der Waals surface area contributed by atoms with E-state index in [9.17, 15) is 9.18 Å². The monoisotopic (exact) mass is 343 g/mol. The van der Waals surface area contributed by atoms with Gasteiger partial charge in [0.2, 0.25) is 5.91 Å². The van der Waals surface area contributed by atoms with Crippen molar-refractivity contribution in [2.45, 2.75) is 26.3 Å². The van der Waals surface area contributed by atoms with Crippen molar-refractivity contribution in [3.05, 3.63) is 41.3 Å². The molecule has 1 amide bonds. The molecule has 6 nitrogen and oxygen atoms in total. The number of likely N-dealkylation sites (N-methyl/N-ethyl adjacent to an activating group) is 1. The summed E-state index contributed by atoms with van der Waals surface area (Å²) >= 11 is 0. The minimum absolute atomic E-state index is 0.200. The van der Waals surface area contributed by atoms with Crippen molar-refractivity contribution in [1.29, 1.82) is 0 Å². The molecule has 0 unspecified atom stereocenters. The standard InChI is InChI=1S/C18H22FN5O/c1-4-9-21-17-14(11-22-24-17)6-5-13-10-15(7-8-16(13)19)23-18(25)12(2)20-3/h7-8,10-12,20H,4,9H2,1-3H3,(H,23,25)(H2,21,22,24)/t12-/m0/s1. The van der Waals surface area contributed by atoms with Gasteiger partial charge in [-0.05, 0) is 38.6 Å². The number of nitrogens with one attached hydrogen (secondary N) is 4. The summed E-state index contributed by atoms with van der Waals surface area (Å²) in [6.07, 6.45) is 2.55. The van der Waals surface area contributed by atoms with Crippen LogP contribution in [-0.4, -0.2) is 35.7 Å². The molecule has 0 bridgehead atoms. The number of aromatic nitrogens is 2. The number of H-pyrrole nitrogens is 1. The molecule has 0 spiro atoms. The predicted octanol–water partition coefficient (Wildman–Crippen LogP) is 2.32. The van der Waals surface area contributed by atoms with Crippen LogP contribution in [0.25, 0.3) is 0 Å². The molecule has 1 heterocycles. The summed E-state index contributed by atoms with van der Waals surface area (Å²) in [5.74, 6) is 5.76. The molecular weight excluding hydrogens is 321 g/mol. The van der Waals surface area contributed by atoms with Gasteiger partial charge in [-0.1, -0.05) is 18.8 Å². The van der Waals surface area contributed by atoms with Gasteiger partial charge in [-0.3, -0.25) is 9.89 Å². The second-order valence-corrected chi connectivity index (χ2v) is 5.53. The largest absolute Gasteiger partial charge is 0.369 e. The first-order chi connectivity index (χ1) is 12.0. The quantitative estimate of drug-likeness (QED) is 0.607. The van der Waals surface area contributed by atoms with Crippen molar-refractivity contribution in [2.75, 3.05) is 24.2 Å². The Bertz CT molecular complexity index is 790. The van der Waals surface area contributed by atoms with Gasteiger partial charge in [-0.2, -0.15) is 5.10 Å². The van der Waals surface area contributed by atoms with Crippen molar-refractivity contribution < 1.29 is 9.18 Å². The highest BCUT2D eigenvalue weighted by molar-refractivity contribution is 5.94. The Balaban J connectivity index is 2.19. The number of aromatic amines is 1. The summed E-state index contributed by atoms with van der Waals surface area (Å²) in [5, 5.41) is 15.5. The highest BCUT2D eigenvalue weighted by atomic mass is 19.1. The molecule has 0 aliphatic heterocycles. The first-order valence-corrected chi connectivity index (χ1v) is 8.12. The summed E-state index contributed by atoms with van der Waals surface area (Å²) in [6, 6.07) is 3.96. The first-order valence-electron chi connectivity index (χ1n) is 8.12. The molecule has 0 saturated carbocycles. The Labute approximate surface area is 146 Å². The Kier molecular flexibility index (Phi) is 6.54. The fraction of sp³-hybridized carbons (Fsp3) is 0.333. The van der Waals surface area contributed by atoms with Gasteiger partial charge >= 0.3 is 0 Å². The zero-order chi connectivity index (χ0) is 18.2. The van der Waals surface area contributed by atoms with Crippen molar-refractivity contribution in [2.24, 2.45) is 0 Å². The van der Waals surface area contributed by atoms with E-state index in [1.807, 2.05) is 0 Å². The van der Waals surface area contributed by atoms with Crippen molar-refractivity contribution in [3.8, 4) is 11.8 Å². The zero-order valence-corrected chi connectivity index (χ0v) is 14.5. The summed E-state index contributed by atoms with van der Waals surface area (Å²) in [5.41, 5.74) is 1.36. The molecule has 2 rings (SSSR count). The molecular formula is C18H22FN5O. The van der Waals surface area contributed by atoms with Crippen LogP contribution in [-0.2, 0) is 4.79 Å². The van der Waals surface area contributed by atoms with Gasteiger partial charge in [0, 0.05) is 12.2 Å². The average Bonchev–Trinajstić information content (AvgIpc) is 3.06. The van der Waals surface area contributed by atoms with E-state index in [0.29, 0.717) is 17.1 Å². The van der Waals surface area contributed by atoms with E-state index in [4.69, 9.17) is 0 Å². The lowest BCUT2D eigenvalue weighted by Gasteiger charge is -2.11. The number of carbonyl (C=O) groups excluding carboxylic acids is 1. The molecule has 0 saturated heterocycles. The van der Waals surface area contributed by atoms with Crippen molar-refractivity contribution in [3.63, 3.8) is 0 Å². The van der Waals surface area contributed by atoms with E-state index in [-0.39, 0.29) is 17.5 Å². The normalized spacial score (nSPS) is 11.4. The fourth-order valence-corrected chi connectivity index (χ4v) is 1.98. The summed E-state index contributed by atoms with van der Waals surface area (Å²) in [7, 11) is 1.70. The Morgan fingerprint density at radius 3 is 2.84 bits per heavy atom. The number of hydrogen-bond acceptors (Lipinski definition) is 4. The van der Waals surface area contributed by atoms with Crippen LogP contribution in [0.1, 0.15) is 31.4 Å². The number of amides is 1. The van der Waals surface area contributed by atoms with Gasteiger partial charge in [0.1, 0.15) is 11.6 Å². The van der Waals surface area contributed by atoms with Crippen LogP contribution in [0, 0.1) is 17.7 Å². The number of carbonyl (C=O) groups is 1. The molecule has 4 N–H and O–H groups in total. The van der Waals surface area contributed by atoms with Gasteiger partial charge in [-0.15, -0.1) is 0 Å². The second-order valence-electron chi connectivity index (χ2n) is 5.53. The van der Waals surface area contributed by atoms with Crippen LogP contribution < -0.4 is 16.0 Å². The van der Waals surface area contributed by atoms with E-state index in [0.717, 1.165) is 13.0 Å². The van der Waals surface area contributed by atoms with E-state index in [1.54, 1.807) is 20.2 Å². The lowest BCUT2D eigenvalue weighted by molar-refractivity contribution is -0.117. The van der Waals surface area contributed by atoms with Gasteiger partial charge in [0.15, 0.2) is 0 Å². The summed E-state index contributed by atoms with van der Waals surface area (Å²) in [6.45, 7) is 4.58. The maximum atomic E-state index is 14.0. The minimum atomic E-state index is -0.446. The molecule has 25 heavy (non-hydrogen) atoms. The molecule has 132 valence electrons. The maximum Gasteiger partial charge on any atom is 0.241 e. The Hall–Kier alpha value is -2.85. The molecule has 0 aliphatic rings. The smallest absolute Gasteiger partial charge is 0.241 e. The summed E-state index contributed by atoms with van der Waals surface area (Å²) < 4.78 is 14.0. The third kappa shape index (κ3) is 5.06. The Morgan fingerprint density at radius 2 is 2.12 bits per heavy atom. The van der Waals surface area contributed by atoms with Crippen molar-refractivity contribution >= 4 is 17.4 Å². The maximum absolute atomic E-state index is 14.0. The van der Waals surface area contributed by atoms with Gasteiger partial charge in [-0.25, -0.2) is 4.39 Å². The third-order valence-corrected chi connectivity index (χ3v) is 3.58. The summed E-state index contributed by atoms with van der Waals surface area (Å²) in [4.78, 5) is 11.9. The average molecular weight is 343 g/mol. The molecule has 1 aromatic heterocycles. The molecule has 0 radical (unpaired) electrons. The predicted molar refractivity (Wildman–Crippen MR) is 96.9 cm³/mol. The molecule has 1 aromatic carbocycles. The number of benzene rings is 1. The number of rotatable bonds is 6. The van der Waals surface area contributed by atoms with E-state index in [2.05, 4.69) is 44.9 Å². The third-order valence-electron chi connectivity index (χ3n) is 3.58. The number of anilines is 2. The fourth-order valence-electron chi connectivity index (χ4n) is 1.98. The van der Waals surface area contributed by atoms with Crippen LogP contribution in [0.3, 0.4) is 0 Å². The van der Waals surface area contributed by atoms with E-state index in [1.165, 1.54) is 18.2 Å².